The molecule has 0 unspecified atom stereocenters. The Bertz CT molecular complexity index is 1830. The van der Waals surface area contributed by atoms with Crippen molar-refractivity contribution in [2.24, 2.45) is 22.7 Å². The van der Waals surface area contributed by atoms with Crippen molar-refractivity contribution in [1.29, 1.82) is 0 Å². The first-order valence-corrected chi connectivity index (χ1v) is 21.7. The zero-order chi connectivity index (χ0) is 38.9. The Hall–Kier alpha value is -2.22. The van der Waals surface area contributed by atoms with Gasteiger partial charge in [-0.15, -0.1) is 0 Å². The van der Waals surface area contributed by atoms with E-state index >= 15 is 0 Å². The summed E-state index contributed by atoms with van der Waals surface area (Å²) in [6.45, 7) is 3.52. The molecule has 0 amide bonds. The molecule has 8 N–H and O–H groups in total. The third-order valence-electron chi connectivity index (χ3n) is 13.9. The van der Waals surface area contributed by atoms with E-state index < -0.39 is 59.9 Å². The van der Waals surface area contributed by atoms with Crippen LogP contribution in [0.2, 0.25) is 0 Å². The van der Waals surface area contributed by atoms with Crippen LogP contribution in [0.15, 0.2) is 18.2 Å². The number of carbonyl (C=O) groups is 2. The van der Waals surface area contributed by atoms with E-state index in [4.69, 9.17) is 18.9 Å². The van der Waals surface area contributed by atoms with E-state index in [0.717, 1.165) is 37.9 Å². The van der Waals surface area contributed by atoms with Crippen LogP contribution in [0.4, 0.5) is 0 Å². The molecule has 302 valence electrons. The summed E-state index contributed by atoms with van der Waals surface area (Å²) in [6, 6.07) is 4.41. The molecule has 16 heteroatoms. The van der Waals surface area contributed by atoms with Crippen molar-refractivity contribution in [2.45, 2.75) is 107 Å². The van der Waals surface area contributed by atoms with Crippen molar-refractivity contribution in [2.75, 3.05) is 38.1 Å². The molecule has 14 nitrogen and oxygen atoms in total. The van der Waals surface area contributed by atoms with Gasteiger partial charge in [0.15, 0.2) is 5.78 Å². The molecule has 55 heavy (non-hydrogen) atoms. The highest BCUT2D eigenvalue weighted by Gasteiger charge is 2.67. The molecular weight excluding hydrogens is 753 g/mol. The van der Waals surface area contributed by atoms with Gasteiger partial charge in [-0.25, -0.2) is 4.79 Å². The average Bonchev–Trinajstić information content (AvgIpc) is 3.53. The monoisotopic (exact) mass is 804 g/mol. The number of benzene rings is 2. The first-order chi connectivity index (χ1) is 26.3. The predicted octanol–water partition coefficient (Wildman–Crippen LogP) is 3.27. The van der Waals surface area contributed by atoms with Crippen molar-refractivity contribution < 1.29 is 59.2 Å². The van der Waals surface area contributed by atoms with Gasteiger partial charge in [-0.3, -0.25) is 15.6 Å². The van der Waals surface area contributed by atoms with Gasteiger partial charge in [0.2, 0.25) is 6.29 Å². The number of phenolic OH excluding ortho intramolecular Hbond substituents is 1. The van der Waals surface area contributed by atoms with Crippen molar-refractivity contribution in [1.82, 2.24) is 10.9 Å². The number of fused-ring (bicyclic) bond motifs is 1. The second-order valence-corrected chi connectivity index (χ2v) is 19.3. The quantitative estimate of drug-likeness (QED) is 0.149. The second kappa shape index (κ2) is 14.9. The fraction of sp³-hybridized carbons (Fsp3) is 0.692. The largest absolute Gasteiger partial charge is 0.506 e. The molecule has 4 heterocycles. The molecule has 0 radical (unpaired) electrons. The Morgan fingerprint density at radius 1 is 1.11 bits per heavy atom. The molecule has 2 aromatic carbocycles. The van der Waals surface area contributed by atoms with Gasteiger partial charge in [-0.1, -0.05) is 34.1 Å². The molecule has 3 spiro atoms. The number of Topliss-reactive ketones (excluding diaryl/α,β-unsaturated/α-hetero) is 1. The molecule has 0 aromatic heterocycles. The number of hydrogen-bond donors (Lipinski definition) is 8. The van der Waals surface area contributed by atoms with Gasteiger partial charge in [0.25, 0.3) is 0 Å². The summed E-state index contributed by atoms with van der Waals surface area (Å²) < 4.78 is 25.5. The summed E-state index contributed by atoms with van der Waals surface area (Å²) in [6.07, 6.45) is 0.304. The molecule has 2 aromatic rings. The van der Waals surface area contributed by atoms with E-state index in [1.807, 2.05) is 0 Å². The zero-order valence-electron chi connectivity index (χ0n) is 31.1. The van der Waals surface area contributed by atoms with Gasteiger partial charge in [-0.05, 0) is 99.1 Å². The van der Waals surface area contributed by atoms with Crippen molar-refractivity contribution >= 4 is 44.1 Å². The Labute approximate surface area is 327 Å². The number of nitrogens with one attached hydrogen (secondary N) is 2. The fourth-order valence-corrected chi connectivity index (χ4v) is 14.1. The number of ether oxygens (including phenoxy) is 4. The van der Waals surface area contributed by atoms with Crippen LogP contribution in [0.3, 0.4) is 0 Å². The Morgan fingerprint density at radius 2 is 1.93 bits per heavy atom. The molecule has 11 atom stereocenters. The van der Waals surface area contributed by atoms with Crippen LogP contribution in [-0.4, -0.2) is 122 Å². The van der Waals surface area contributed by atoms with E-state index in [1.165, 1.54) is 29.9 Å². The highest BCUT2D eigenvalue weighted by atomic mass is 33.1. The minimum atomic E-state index is -1.75. The van der Waals surface area contributed by atoms with Crippen molar-refractivity contribution in [3.8, 4) is 11.5 Å². The number of aliphatic hydroxyl groups excluding tert-OH is 4. The first kappa shape index (κ1) is 39.6. The number of carbonyl (C=O) groups excluding carboxylic acids is 1. The van der Waals surface area contributed by atoms with Crippen LogP contribution < -0.4 is 15.6 Å². The number of rotatable bonds is 7. The number of aromatic hydroxyl groups is 1. The lowest BCUT2D eigenvalue weighted by Gasteiger charge is -2.67. The van der Waals surface area contributed by atoms with Gasteiger partial charge in [0.05, 0.1) is 29.7 Å². The van der Waals surface area contributed by atoms with Crippen LogP contribution in [-0.2, 0) is 14.2 Å². The highest BCUT2D eigenvalue weighted by Crippen LogP contribution is 2.65. The summed E-state index contributed by atoms with van der Waals surface area (Å²) in [5.74, 6) is -1.10. The van der Waals surface area contributed by atoms with E-state index in [2.05, 4.69) is 10.9 Å². The lowest BCUT2D eigenvalue weighted by atomic mass is 9.47. The summed E-state index contributed by atoms with van der Waals surface area (Å²) >= 11 is 0. The fourth-order valence-electron chi connectivity index (χ4n) is 11.8. The first-order valence-electron chi connectivity index (χ1n) is 19.3. The molecule has 4 saturated heterocycles. The molecule has 2 saturated carbocycles. The third kappa shape index (κ3) is 6.38. The maximum absolute atomic E-state index is 12.5. The van der Waals surface area contributed by atoms with E-state index in [0.29, 0.717) is 37.7 Å². The van der Waals surface area contributed by atoms with Gasteiger partial charge in [-0.2, -0.15) is 0 Å². The lowest BCUT2D eigenvalue weighted by Crippen LogP contribution is -2.77. The average molecular weight is 805 g/mol. The molecule has 6 aliphatic rings. The van der Waals surface area contributed by atoms with E-state index in [-0.39, 0.29) is 69.3 Å². The number of carboxylic acid groups (broad SMARTS) is 1. The van der Waals surface area contributed by atoms with Crippen LogP contribution in [0.25, 0.3) is 10.8 Å². The molecule has 2 aliphatic carbocycles. The van der Waals surface area contributed by atoms with E-state index in [1.54, 1.807) is 23.8 Å². The van der Waals surface area contributed by atoms with Crippen LogP contribution >= 0.6 is 21.6 Å². The lowest BCUT2D eigenvalue weighted by molar-refractivity contribution is -0.323. The van der Waals surface area contributed by atoms with Gasteiger partial charge in [0, 0.05) is 36.0 Å². The van der Waals surface area contributed by atoms with Crippen molar-refractivity contribution in [3.05, 3.63) is 34.9 Å². The molecule has 2 bridgehead atoms. The van der Waals surface area contributed by atoms with Gasteiger partial charge in [0.1, 0.15) is 41.4 Å². The van der Waals surface area contributed by atoms with Crippen LogP contribution in [0.5, 0.6) is 11.5 Å². The summed E-state index contributed by atoms with van der Waals surface area (Å²) in [4.78, 5) is 24.7. The maximum Gasteiger partial charge on any atom is 0.335 e. The second-order valence-electron chi connectivity index (χ2n) is 16.9. The smallest absolute Gasteiger partial charge is 0.335 e. The molecule has 6 fully saturated rings. The standard InChI is InChI=1S/C39H52N2O12S2/c1-20-10-22-11-23(34(48)49)12-25(29(22)30(45)28(20)21(2)44)52-35-31(46)33(47)39(27(14-43)53-35)7-6-38-16-36(5-3-4-26(36)40-41-38)13-24-15-50-17-37(8-9-42,32(24)38)18-54-55-19-51-39/h10-12,24,26-27,31-33,35,40-43,45-47H,3-9,13-19H2,1-2H3,(H,48,49)/t24-,26+,27+,31+,32+,33+,35+,36-,37-,38-,39+/m0/s1. The number of hydrogen-bond acceptors (Lipinski definition) is 15. The minimum absolute atomic E-state index is 0.0281. The molecule has 8 rings (SSSR count). The number of ketones is 1. The highest BCUT2D eigenvalue weighted by molar-refractivity contribution is 8.76. The number of carboxylic acids is 1. The Kier molecular flexibility index (Phi) is 10.7. The summed E-state index contributed by atoms with van der Waals surface area (Å²) in [7, 11) is 3.08. The van der Waals surface area contributed by atoms with Crippen LogP contribution in [0.1, 0.15) is 84.6 Å². The Morgan fingerprint density at radius 3 is 2.67 bits per heavy atom. The molecule has 4 aliphatic heterocycles. The third-order valence-corrected chi connectivity index (χ3v) is 16.1. The van der Waals surface area contributed by atoms with Gasteiger partial charge < -0.3 is 49.6 Å². The number of phenols is 1. The predicted molar refractivity (Wildman–Crippen MR) is 204 cm³/mol. The number of hydrazine groups is 1. The van der Waals surface area contributed by atoms with E-state index in [9.17, 15) is 40.2 Å². The maximum atomic E-state index is 12.5. The minimum Gasteiger partial charge on any atom is -0.506 e. The molecular formula is C39H52N2O12S2. The van der Waals surface area contributed by atoms with Crippen LogP contribution in [0, 0.1) is 29.6 Å². The van der Waals surface area contributed by atoms with Gasteiger partial charge >= 0.3 is 5.97 Å². The number of aromatic carboxylic acids is 1. The normalized spacial score (nSPS) is 40.2. The van der Waals surface area contributed by atoms with Crippen molar-refractivity contribution in [3.63, 3.8) is 0 Å². The SMILES string of the molecule is CC(=O)c1c(C)cc2cc(C(=O)O)cc(O[C@@H]3O[C@H](CO)[C@]4(CC[C@@]56C[C@]7(CCC[C@H]7NN5)C[C@H]5COC[C@@](CCO)(CSSCO4)[C@@H]56)[C@H](O)[C@H]3O)c2c1O. The topological polar surface area (TPSA) is 216 Å². The number of aliphatic hydroxyl groups is 4. The summed E-state index contributed by atoms with van der Waals surface area (Å²) in [5, 5.41) is 67.1. The Balaban J connectivity index is 1.16. The number of aryl methyl sites for hydroxylation is 1. The zero-order valence-corrected chi connectivity index (χ0v) is 32.8. The summed E-state index contributed by atoms with van der Waals surface area (Å²) in [5.41, 5.74) is 5.50.